The summed E-state index contributed by atoms with van der Waals surface area (Å²) in [6.45, 7) is 6.90. The number of nitrogens with zero attached hydrogens (tertiary/aromatic N) is 3. The number of aryl methyl sites for hydroxylation is 1. The van der Waals surface area contributed by atoms with Crippen LogP contribution in [0.3, 0.4) is 0 Å². The molecular weight excluding hydrogens is 424 g/mol. The van der Waals surface area contributed by atoms with Crippen molar-refractivity contribution in [3.63, 3.8) is 0 Å². The smallest absolute Gasteiger partial charge is 0.317 e. The van der Waals surface area contributed by atoms with E-state index in [4.69, 9.17) is 9.73 Å². The van der Waals surface area contributed by atoms with Gasteiger partial charge in [-0.2, -0.15) is 0 Å². The Hall–Kier alpha value is -3.12. The van der Waals surface area contributed by atoms with Crippen molar-refractivity contribution >= 4 is 11.7 Å². The van der Waals surface area contributed by atoms with E-state index in [2.05, 4.69) is 66.7 Å². The Morgan fingerprint density at radius 3 is 2.91 bits per heavy atom. The molecule has 1 fully saturated rings. The molecule has 0 saturated carbocycles. The van der Waals surface area contributed by atoms with Crippen molar-refractivity contribution in [1.82, 2.24) is 15.1 Å². The van der Waals surface area contributed by atoms with E-state index in [-0.39, 0.29) is 12.1 Å². The molecule has 0 aliphatic carbocycles. The van der Waals surface area contributed by atoms with Crippen LogP contribution in [0.15, 0.2) is 58.6 Å². The predicted molar refractivity (Wildman–Crippen MR) is 134 cm³/mol. The van der Waals surface area contributed by atoms with Gasteiger partial charge in [0.05, 0.1) is 24.9 Å². The largest absolute Gasteiger partial charge is 0.493 e. The number of aliphatic imine (C=N–C) groups is 1. The molecule has 2 unspecified atom stereocenters. The predicted octanol–water partition coefficient (Wildman–Crippen LogP) is 3.54. The zero-order chi connectivity index (χ0) is 23.2. The molecule has 6 rings (SSSR count). The van der Waals surface area contributed by atoms with Gasteiger partial charge in [-0.25, -0.2) is 4.79 Å². The number of rotatable bonds is 3. The van der Waals surface area contributed by atoms with Crippen molar-refractivity contribution in [2.75, 3.05) is 46.4 Å². The second kappa shape index (κ2) is 8.58. The van der Waals surface area contributed by atoms with Gasteiger partial charge in [0, 0.05) is 44.1 Å². The number of likely N-dealkylation sites (tertiary alicyclic amines) is 1. The maximum Gasteiger partial charge on any atom is 0.317 e. The van der Waals surface area contributed by atoms with Gasteiger partial charge in [-0.15, -0.1) is 0 Å². The lowest BCUT2D eigenvalue weighted by atomic mass is 9.91. The highest BCUT2D eigenvalue weighted by Crippen LogP contribution is 2.32. The Kier molecular flexibility index (Phi) is 5.41. The standard InChI is InChI=1S/C28H32N4O2/c1-18-5-3-4-6-22(18)24-15-31(2)17-25(24)30-28(33)32-11-9-21-14-29-27(23(21)16-32)20-7-8-26-19(13-20)10-12-34-26/h3-8,13,24-25H,9-12,14-17H2,1-2H3,(H,30,33). The monoisotopic (exact) mass is 456 g/mol. The highest BCUT2D eigenvalue weighted by Gasteiger charge is 2.36. The molecule has 4 aliphatic rings. The zero-order valence-electron chi connectivity index (χ0n) is 20.0. The van der Waals surface area contributed by atoms with E-state index in [1.54, 1.807) is 0 Å². The fourth-order valence-electron chi connectivity index (χ4n) is 5.98. The van der Waals surface area contributed by atoms with Gasteiger partial charge in [0.15, 0.2) is 0 Å². The van der Waals surface area contributed by atoms with Gasteiger partial charge in [0.1, 0.15) is 5.75 Å². The molecule has 0 spiro atoms. The molecule has 2 amide bonds. The third kappa shape index (κ3) is 3.80. The van der Waals surface area contributed by atoms with Crippen molar-refractivity contribution in [1.29, 1.82) is 0 Å². The second-order valence-corrected chi connectivity index (χ2v) is 10.1. The summed E-state index contributed by atoms with van der Waals surface area (Å²) in [6, 6.07) is 15.1. The number of carbonyl (C=O) groups is 1. The fourth-order valence-corrected chi connectivity index (χ4v) is 5.98. The molecule has 2 aromatic carbocycles. The number of ether oxygens (including phenoxy) is 1. The lowest BCUT2D eigenvalue weighted by molar-refractivity contribution is 0.196. The Morgan fingerprint density at radius 2 is 2.03 bits per heavy atom. The number of benzene rings is 2. The molecule has 176 valence electrons. The number of amides is 2. The Morgan fingerprint density at radius 1 is 1.15 bits per heavy atom. The van der Waals surface area contributed by atoms with Crippen molar-refractivity contribution in [3.05, 3.63) is 75.9 Å². The van der Waals surface area contributed by atoms with E-state index in [1.165, 1.54) is 27.8 Å². The maximum atomic E-state index is 13.4. The molecule has 2 atom stereocenters. The van der Waals surface area contributed by atoms with Crippen molar-refractivity contribution < 1.29 is 9.53 Å². The van der Waals surface area contributed by atoms with Crippen LogP contribution in [0, 0.1) is 6.92 Å². The molecular formula is C28H32N4O2. The second-order valence-electron chi connectivity index (χ2n) is 10.1. The molecule has 1 N–H and O–H groups in total. The van der Waals surface area contributed by atoms with E-state index >= 15 is 0 Å². The third-order valence-corrected chi connectivity index (χ3v) is 7.82. The van der Waals surface area contributed by atoms with Gasteiger partial charge < -0.3 is 19.9 Å². The lowest BCUT2D eigenvalue weighted by Crippen LogP contribution is -2.49. The summed E-state index contributed by atoms with van der Waals surface area (Å²) in [5.74, 6) is 1.30. The summed E-state index contributed by atoms with van der Waals surface area (Å²) in [6.07, 6.45) is 1.85. The number of carbonyl (C=O) groups excluding carboxylic acids is 1. The first-order valence-corrected chi connectivity index (χ1v) is 12.4. The average Bonchev–Trinajstić information content (AvgIpc) is 3.56. The quantitative estimate of drug-likeness (QED) is 0.769. The minimum atomic E-state index is 0.0408. The van der Waals surface area contributed by atoms with Gasteiger partial charge in [-0.05, 0) is 66.4 Å². The maximum absolute atomic E-state index is 13.4. The summed E-state index contributed by atoms with van der Waals surface area (Å²) in [5, 5.41) is 3.39. The van der Waals surface area contributed by atoms with E-state index < -0.39 is 0 Å². The van der Waals surface area contributed by atoms with Crippen LogP contribution in [-0.4, -0.2) is 74.0 Å². The summed E-state index contributed by atoms with van der Waals surface area (Å²) in [4.78, 5) is 22.6. The van der Waals surface area contributed by atoms with Crippen LogP contribution >= 0.6 is 0 Å². The molecule has 0 aromatic heterocycles. The third-order valence-electron chi connectivity index (χ3n) is 7.82. The van der Waals surface area contributed by atoms with Crippen LogP contribution in [-0.2, 0) is 6.42 Å². The van der Waals surface area contributed by atoms with Gasteiger partial charge >= 0.3 is 6.03 Å². The first-order valence-electron chi connectivity index (χ1n) is 12.4. The van der Waals surface area contributed by atoms with Crippen LogP contribution < -0.4 is 10.1 Å². The minimum absolute atomic E-state index is 0.0408. The molecule has 2 aromatic rings. The Bertz CT molecular complexity index is 1200. The van der Waals surface area contributed by atoms with E-state index in [9.17, 15) is 4.79 Å². The van der Waals surface area contributed by atoms with E-state index in [0.29, 0.717) is 12.5 Å². The summed E-state index contributed by atoms with van der Waals surface area (Å²) in [5.41, 5.74) is 8.71. The number of hydrogen-bond donors (Lipinski definition) is 1. The highest BCUT2D eigenvalue weighted by atomic mass is 16.5. The first kappa shape index (κ1) is 21.4. The fraction of sp³-hybridized carbons (Fsp3) is 0.429. The van der Waals surface area contributed by atoms with Crippen LogP contribution in [0.2, 0.25) is 0 Å². The van der Waals surface area contributed by atoms with Crippen molar-refractivity contribution in [3.8, 4) is 5.75 Å². The van der Waals surface area contributed by atoms with Crippen LogP contribution in [0.25, 0.3) is 0 Å². The van der Waals surface area contributed by atoms with E-state index in [0.717, 1.165) is 62.7 Å². The van der Waals surface area contributed by atoms with Crippen molar-refractivity contribution in [2.24, 2.45) is 4.99 Å². The molecule has 0 bridgehead atoms. The van der Waals surface area contributed by atoms with Gasteiger partial charge in [-0.1, -0.05) is 24.3 Å². The van der Waals surface area contributed by atoms with E-state index in [1.807, 2.05) is 4.90 Å². The molecule has 6 nitrogen and oxygen atoms in total. The van der Waals surface area contributed by atoms with Crippen LogP contribution in [0.1, 0.15) is 34.6 Å². The van der Waals surface area contributed by atoms with Crippen LogP contribution in [0.5, 0.6) is 5.75 Å². The Labute approximate surface area is 201 Å². The Balaban J connectivity index is 1.17. The average molecular weight is 457 g/mol. The highest BCUT2D eigenvalue weighted by molar-refractivity contribution is 6.15. The SMILES string of the molecule is Cc1ccccc1C1CN(C)CC1NC(=O)N1CCC2=C(C1)C(c1ccc3c(c1)CCO3)=NC2. The normalized spacial score (nSPS) is 24.1. The first-order chi connectivity index (χ1) is 16.6. The molecule has 0 radical (unpaired) electrons. The number of nitrogens with one attached hydrogen (secondary N) is 1. The van der Waals surface area contributed by atoms with Crippen molar-refractivity contribution in [2.45, 2.75) is 31.7 Å². The van der Waals surface area contributed by atoms with Crippen LogP contribution in [0.4, 0.5) is 4.79 Å². The topological polar surface area (TPSA) is 57.2 Å². The molecule has 4 heterocycles. The van der Waals surface area contributed by atoms with Gasteiger partial charge in [0.25, 0.3) is 0 Å². The summed E-state index contributed by atoms with van der Waals surface area (Å²) >= 11 is 0. The molecule has 1 saturated heterocycles. The summed E-state index contributed by atoms with van der Waals surface area (Å²) in [7, 11) is 2.14. The number of urea groups is 1. The van der Waals surface area contributed by atoms with Gasteiger partial charge in [-0.3, -0.25) is 4.99 Å². The lowest BCUT2D eigenvalue weighted by Gasteiger charge is -2.31. The number of fused-ring (bicyclic) bond motifs is 1. The number of hydrogen-bond acceptors (Lipinski definition) is 4. The molecule has 4 aliphatic heterocycles. The van der Waals surface area contributed by atoms with Gasteiger partial charge in [0.2, 0.25) is 0 Å². The number of likely N-dealkylation sites (N-methyl/N-ethyl adjacent to an activating group) is 1. The molecule has 34 heavy (non-hydrogen) atoms. The summed E-state index contributed by atoms with van der Waals surface area (Å²) < 4.78 is 5.67. The zero-order valence-corrected chi connectivity index (χ0v) is 20.0. The molecule has 6 heteroatoms. The minimum Gasteiger partial charge on any atom is -0.493 e.